The molecule has 0 bridgehead atoms. The highest BCUT2D eigenvalue weighted by Gasteiger charge is 2.18. The third-order valence-electron chi connectivity index (χ3n) is 3.13. The molecule has 1 saturated heterocycles. The van der Waals surface area contributed by atoms with E-state index in [1.165, 1.54) is 5.56 Å². The van der Waals surface area contributed by atoms with E-state index in [-0.39, 0.29) is 0 Å². The largest absolute Gasteiger partial charge is 0.354 e. The number of hydrogen-bond acceptors (Lipinski definition) is 3. The molecule has 1 aliphatic heterocycles. The van der Waals surface area contributed by atoms with Crippen molar-refractivity contribution in [3.8, 4) is 0 Å². The molecule has 1 aliphatic rings. The lowest BCUT2D eigenvalue weighted by Gasteiger charge is -2.35. The fraction of sp³-hybridized carbons (Fsp3) is 0.583. The van der Waals surface area contributed by atoms with Gasteiger partial charge in [-0.3, -0.25) is 0 Å². The number of halogens is 1. The van der Waals surface area contributed by atoms with Gasteiger partial charge in [0.1, 0.15) is 5.82 Å². The maximum Gasteiger partial charge on any atom is 0.132 e. The van der Waals surface area contributed by atoms with Gasteiger partial charge < -0.3 is 9.80 Å². The summed E-state index contributed by atoms with van der Waals surface area (Å²) in [6.07, 6.45) is 1.88. The summed E-state index contributed by atoms with van der Waals surface area (Å²) < 4.78 is 0. The van der Waals surface area contributed by atoms with Gasteiger partial charge in [-0.05, 0) is 12.6 Å². The van der Waals surface area contributed by atoms with E-state index in [9.17, 15) is 0 Å². The number of rotatable bonds is 3. The van der Waals surface area contributed by atoms with Crippen molar-refractivity contribution >= 4 is 21.7 Å². The summed E-state index contributed by atoms with van der Waals surface area (Å²) in [5.41, 5.74) is 1.28. The van der Waals surface area contributed by atoms with Crippen molar-refractivity contribution in [3.63, 3.8) is 0 Å². The molecule has 0 amide bonds. The molecule has 88 valence electrons. The third-order valence-corrected chi connectivity index (χ3v) is 3.73. The van der Waals surface area contributed by atoms with Crippen LogP contribution in [0.15, 0.2) is 18.3 Å². The predicted molar refractivity (Wildman–Crippen MR) is 71.2 cm³/mol. The SMILES string of the molecule is CCN1CCN(c2ncccc2CBr)CC1. The van der Waals surface area contributed by atoms with E-state index in [0.29, 0.717) is 0 Å². The Morgan fingerprint density at radius 2 is 2.06 bits per heavy atom. The van der Waals surface area contributed by atoms with E-state index in [4.69, 9.17) is 0 Å². The number of aromatic nitrogens is 1. The molecule has 0 aliphatic carbocycles. The summed E-state index contributed by atoms with van der Waals surface area (Å²) in [5, 5.41) is 0.879. The molecule has 0 radical (unpaired) electrons. The van der Waals surface area contributed by atoms with Crippen LogP contribution >= 0.6 is 15.9 Å². The van der Waals surface area contributed by atoms with Crippen LogP contribution in [0.4, 0.5) is 5.82 Å². The monoisotopic (exact) mass is 283 g/mol. The van der Waals surface area contributed by atoms with Crippen LogP contribution in [0.2, 0.25) is 0 Å². The van der Waals surface area contributed by atoms with Gasteiger partial charge in [0.05, 0.1) is 0 Å². The van der Waals surface area contributed by atoms with Gasteiger partial charge in [-0.15, -0.1) is 0 Å². The Kier molecular flexibility index (Phi) is 4.18. The molecule has 0 spiro atoms. The molecule has 16 heavy (non-hydrogen) atoms. The van der Waals surface area contributed by atoms with E-state index in [0.717, 1.165) is 43.9 Å². The molecule has 3 nitrogen and oxygen atoms in total. The van der Waals surface area contributed by atoms with Crippen LogP contribution in [0, 0.1) is 0 Å². The fourth-order valence-electron chi connectivity index (χ4n) is 2.10. The summed E-state index contributed by atoms with van der Waals surface area (Å²) in [4.78, 5) is 9.37. The highest BCUT2D eigenvalue weighted by Crippen LogP contribution is 2.20. The zero-order chi connectivity index (χ0) is 11.4. The highest BCUT2D eigenvalue weighted by molar-refractivity contribution is 9.08. The Hall–Kier alpha value is -0.610. The van der Waals surface area contributed by atoms with E-state index >= 15 is 0 Å². The molecule has 1 aromatic rings. The molecule has 0 saturated carbocycles. The Labute approximate surface area is 106 Å². The molecule has 4 heteroatoms. The molecular weight excluding hydrogens is 266 g/mol. The Morgan fingerprint density at radius 1 is 1.31 bits per heavy atom. The summed E-state index contributed by atoms with van der Waals surface area (Å²) in [7, 11) is 0. The molecule has 2 rings (SSSR count). The minimum absolute atomic E-state index is 0.879. The van der Waals surface area contributed by atoms with E-state index < -0.39 is 0 Å². The van der Waals surface area contributed by atoms with Gasteiger partial charge in [0, 0.05) is 43.3 Å². The number of piperazine rings is 1. The van der Waals surface area contributed by atoms with Gasteiger partial charge in [-0.1, -0.05) is 28.9 Å². The van der Waals surface area contributed by atoms with Crippen LogP contribution in [-0.2, 0) is 5.33 Å². The first kappa shape index (κ1) is 11.9. The second-order valence-electron chi connectivity index (χ2n) is 4.04. The maximum atomic E-state index is 4.50. The molecule has 2 heterocycles. The lowest BCUT2D eigenvalue weighted by atomic mass is 10.2. The van der Waals surface area contributed by atoms with Gasteiger partial charge in [-0.2, -0.15) is 0 Å². The zero-order valence-corrected chi connectivity index (χ0v) is 11.3. The molecule has 0 N–H and O–H groups in total. The second kappa shape index (κ2) is 5.64. The summed E-state index contributed by atoms with van der Waals surface area (Å²) in [6, 6.07) is 4.14. The van der Waals surface area contributed by atoms with Gasteiger partial charge in [0.25, 0.3) is 0 Å². The van der Waals surface area contributed by atoms with Gasteiger partial charge >= 0.3 is 0 Å². The number of nitrogens with zero attached hydrogens (tertiary/aromatic N) is 3. The standard InChI is InChI=1S/C12H18BrN3/c1-2-15-6-8-16(9-7-15)12-11(10-13)4-3-5-14-12/h3-5H,2,6-10H2,1H3. The third kappa shape index (κ3) is 2.55. The molecule has 0 aromatic carbocycles. The Bertz CT molecular complexity index is 335. The normalized spacial score (nSPS) is 17.8. The van der Waals surface area contributed by atoms with E-state index in [2.05, 4.69) is 43.7 Å². The average Bonchev–Trinajstić information content (AvgIpc) is 2.39. The van der Waals surface area contributed by atoms with Crippen molar-refractivity contribution in [1.29, 1.82) is 0 Å². The lowest BCUT2D eigenvalue weighted by Crippen LogP contribution is -2.46. The smallest absolute Gasteiger partial charge is 0.132 e. The number of hydrogen-bond donors (Lipinski definition) is 0. The second-order valence-corrected chi connectivity index (χ2v) is 4.60. The van der Waals surface area contributed by atoms with Crippen LogP contribution < -0.4 is 4.90 Å². The maximum absolute atomic E-state index is 4.50. The molecule has 0 unspecified atom stereocenters. The van der Waals surface area contributed by atoms with Crippen molar-refractivity contribution in [2.24, 2.45) is 0 Å². The van der Waals surface area contributed by atoms with Crippen LogP contribution in [0.1, 0.15) is 12.5 Å². The van der Waals surface area contributed by atoms with Crippen LogP contribution in [-0.4, -0.2) is 42.6 Å². The molecule has 1 fully saturated rings. The zero-order valence-electron chi connectivity index (χ0n) is 9.69. The lowest BCUT2D eigenvalue weighted by molar-refractivity contribution is 0.270. The average molecular weight is 284 g/mol. The van der Waals surface area contributed by atoms with Gasteiger partial charge in [-0.25, -0.2) is 4.98 Å². The minimum atomic E-state index is 0.879. The summed E-state index contributed by atoms with van der Waals surface area (Å²) in [6.45, 7) is 7.85. The van der Waals surface area contributed by atoms with E-state index in [1.54, 1.807) is 0 Å². The first-order chi connectivity index (χ1) is 7.85. The van der Waals surface area contributed by atoms with Crippen molar-refractivity contribution in [1.82, 2.24) is 9.88 Å². The summed E-state index contributed by atoms with van der Waals surface area (Å²) in [5.74, 6) is 1.15. The first-order valence-electron chi connectivity index (χ1n) is 5.82. The first-order valence-corrected chi connectivity index (χ1v) is 6.94. The molecule has 1 aromatic heterocycles. The van der Waals surface area contributed by atoms with Gasteiger partial charge in [0.15, 0.2) is 0 Å². The van der Waals surface area contributed by atoms with Crippen LogP contribution in [0.5, 0.6) is 0 Å². The van der Waals surface area contributed by atoms with Crippen molar-refractivity contribution in [3.05, 3.63) is 23.9 Å². The molecule has 0 atom stereocenters. The van der Waals surface area contributed by atoms with Crippen LogP contribution in [0.3, 0.4) is 0 Å². The van der Waals surface area contributed by atoms with Crippen LogP contribution in [0.25, 0.3) is 0 Å². The molecular formula is C12H18BrN3. The number of likely N-dealkylation sites (N-methyl/N-ethyl adjacent to an activating group) is 1. The number of alkyl halides is 1. The Balaban J connectivity index is 2.07. The minimum Gasteiger partial charge on any atom is -0.354 e. The fourth-order valence-corrected chi connectivity index (χ4v) is 2.53. The highest BCUT2D eigenvalue weighted by atomic mass is 79.9. The summed E-state index contributed by atoms with van der Waals surface area (Å²) >= 11 is 3.52. The Morgan fingerprint density at radius 3 is 2.69 bits per heavy atom. The predicted octanol–water partition coefficient (Wildman–Crippen LogP) is 2.12. The quantitative estimate of drug-likeness (QED) is 0.793. The van der Waals surface area contributed by atoms with Gasteiger partial charge in [0.2, 0.25) is 0 Å². The van der Waals surface area contributed by atoms with Crippen molar-refractivity contribution < 1.29 is 0 Å². The number of anilines is 1. The topological polar surface area (TPSA) is 19.4 Å². The van der Waals surface area contributed by atoms with Crippen molar-refractivity contribution in [2.45, 2.75) is 12.3 Å². The van der Waals surface area contributed by atoms with E-state index in [1.807, 2.05) is 12.3 Å². The number of pyridine rings is 1. The van der Waals surface area contributed by atoms with Crippen molar-refractivity contribution in [2.75, 3.05) is 37.6 Å².